The number of aromatic nitrogens is 2. The Morgan fingerprint density at radius 1 is 1.08 bits per heavy atom. The van der Waals surface area contributed by atoms with Gasteiger partial charge in [0.05, 0.1) is 10.9 Å². The van der Waals surface area contributed by atoms with Gasteiger partial charge in [-0.3, -0.25) is 14.4 Å². The summed E-state index contributed by atoms with van der Waals surface area (Å²) in [5, 5.41) is 12.6. The van der Waals surface area contributed by atoms with Gasteiger partial charge in [-0.25, -0.2) is 14.2 Å². The number of nitrogens with one attached hydrogen (secondary N) is 2. The molecule has 4 rings (SSSR count). The molecule has 2 amide bonds. The highest BCUT2D eigenvalue weighted by molar-refractivity contribution is 5.92. The molecule has 2 heterocycles. The molecule has 1 aliphatic heterocycles. The lowest BCUT2D eigenvalue weighted by atomic mass is 9.96. The number of aromatic amines is 1. The van der Waals surface area contributed by atoms with E-state index in [0.29, 0.717) is 24.8 Å². The molecule has 38 heavy (non-hydrogen) atoms. The second-order valence-corrected chi connectivity index (χ2v) is 9.76. The van der Waals surface area contributed by atoms with Crippen LogP contribution < -0.4 is 16.6 Å². The zero-order chi connectivity index (χ0) is 27.4. The Kier molecular flexibility index (Phi) is 8.09. The summed E-state index contributed by atoms with van der Waals surface area (Å²) in [6.07, 6.45) is 1.49. The Hall–Kier alpha value is -4.21. The zero-order valence-electron chi connectivity index (χ0n) is 21.4. The topological polar surface area (TPSA) is 142 Å². The van der Waals surface area contributed by atoms with Gasteiger partial charge in [0.25, 0.3) is 5.56 Å². The van der Waals surface area contributed by atoms with E-state index in [0.717, 1.165) is 10.1 Å². The van der Waals surface area contributed by atoms with Crippen molar-refractivity contribution < 1.29 is 19.5 Å². The number of carboxylic acids is 1. The summed E-state index contributed by atoms with van der Waals surface area (Å²) in [6, 6.07) is 12.3. The number of H-pyrrole nitrogens is 1. The molecule has 0 aliphatic carbocycles. The molecule has 0 saturated carbocycles. The van der Waals surface area contributed by atoms with Crippen molar-refractivity contribution in [3.05, 3.63) is 81.0 Å². The van der Waals surface area contributed by atoms with Gasteiger partial charge in [0, 0.05) is 13.0 Å². The maximum absolute atomic E-state index is 13.8. The van der Waals surface area contributed by atoms with Gasteiger partial charge >= 0.3 is 11.7 Å². The summed E-state index contributed by atoms with van der Waals surface area (Å²) >= 11 is 0. The number of carbonyl (C=O) groups is 3. The van der Waals surface area contributed by atoms with Crippen molar-refractivity contribution in [1.82, 2.24) is 19.8 Å². The predicted molar refractivity (Wildman–Crippen MR) is 142 cm³/mol. The normalized spacial score (nSPS) is 17.6. The van der Waals surface area contributed by atoms with Gasteiger partial charge in [0.2, 0.25) is 11.8 Å². The fourth-order valence-electron chi connectivity index (χ4n) is 5.00. The van der Waals surface area contributed by atoms with Crippen molar-refractivity contribution in [3.8, 4) is 0 Å². The third kappa shape index (κ3) is 5.39. The second-order valence-electron chi connectivity index (χ2n) is 9.76. The summed E-state index contributed by atoms with van der Waals surface area (Å²) in [6.45, 7) is 3.96. The Morgan fingerprint density at radius 2 is 1.76 bits per heavy atom. The molecule has 3 aromatic rings. The van der Waals surface area contributed by atoms with Crippen molar-refractivity contribution in [2.75, 3.05) is 6.54 Å². The third-order valence-corrected chi connectivity index (χ3v) is 7.32. The molecule has 4 atom stereocenters. The maximum atomic E-state index is 13.8. The van der Waals surface area contributed by atoms with E-state index in [9.17, 15) is 29.1 Å². The average molecular weight is 521 g/mol. The first-order valence-electron chi connectivity index (χ1n) is 12.8. The summed E-state index contributed by atoms with van der Waals surface area (Å²) in [4.78, 5) is 69.6. The van der Waals surface area contributed by atoms with Crippen molar-refractivity contribution in [1.29, 1.82) is 0 Å². The first-order chi connectivity index (χ1) is 18.2. The van der Waals surface area contributed by atoms with Crippen LogP contribution in [0.5, 0.6) is 0 Å². The molecule has 1 aliphatic rings. The maximum Gasteiger partial charge on any atom is 0.329 e. The highest BCUT2D eigenvalue weighted by Gasteiger charge is 2.40. The van der Waals surface area contributed by atoms with E-state index in [4.69, 9.17) is 0 Å². The number of aliphatic carboxylic acids is 1. The molecule has 3 N–H and O–H groups in total. The number of likely N-dealkylation sites (tertiary alicyclic amines) is 1. The van der Waals surface area contributed by atoms with Gasteiger partial charge in [0.15, 0.2) is 0 Å². The number of carbonyl (C=O) groups excluding carboxylic acids is 2. The second kappa shape index (κ2) is 11.5. The standard InChI is InChI=1S/C28H32N4O6/c1-3-17(2)23(26(35)31-15-9-14-21(31)27(36)37)30-24(33)22(16-18-10-5-4-6-11-18)32-25(34)19-12-7-8-13-20(19)29-28(32)38/h4-8,10-13,17,21-23H,3,9,14-16H2,1-2H3,(H,29,38)(H,30,33)(H,36,37)/t17?,21-,22+,23+/m1/s1. The predicted octanol–water partition coefficient (Wildman–Crippen LogP) is 2.08. The fourth-order valence-corrected chi connectivity index (χ4v) is 5.00. The molecule has 1 saturated heterocycles. The molecule has 10 nitrogen and oxygen atoms in total. The van der Waals surface area contributed by atoms with E-state index >= 15 is 0 Å². The zero-order valence-corrected chi connectivity index (χ0v) is 21.4. The van der Waals surface area contributed by atoms with Crippen LogP contribution in [0, 0.1) is 5.92 Å². The SMILES string of the molecule is CCC(C)[C@H](NC(=O)[C@H](Cc1ccccc1)n1c(=O)[nH]c2ccccc2c1=O)C(=O)N1CCC[C@@H]1C(=O)O. The van der Waals surface area contributed by atoms with E-state index in [2.05, 4.69) is 10.3 Å². The number of fused-ring (bicyclic) bond motifs is 1. The molecule has 1 fully saturated rings. The number of nitrogens with zero attached hydrogens (tertiary/aromatic N) is 2. The van der Waals surface area contributed by atoms with Crippen molar-refractivity contribution in [3.63, 3.8) is 0 Å². The van der Waals surface area contributed by atoms with E-state index in [-0.39, 0.29) is 24.3 Å². The number of amides is 2. The number of hydrogen-bond acceptors (Lipinski definition) is 5. The Balaban J connectivity index is 1.74. The quantitative estimate of drug-likeness (QED) is 0.394. The van der Waals surface area contributed by atoms with Crippen LogP contribution in [0.25, 0.3) is 10.9 Å². The lowest BCUT2D eigenvalue weighted by molar-refractivity contribution is -0.150. The van der Waals surface area contributed by atoms with Crippen LogP contribution in [0.15, 0.2) is 64.2 Å². The highest BCUT2D eigenvalue weighted by atomic mass is 16.4. The van der Waals surface area contributed by atoms with Gasteiger partial charge < -0.3 is 20.3 Å². The lowest BCUT2D eigenvalue weighted by Gasteiger charge is -2.31. The molecule has 1 unspecified atom stereocenters. The molecule has 0 spiro atoms. The smallest absolute Gasteiger partial charge is 0.329 e. The van der Waals surface area contributed by atoms with Crippen LogP contribution in [0.4, 0.5) is 0 Å². The van der Waals surface area contributed by atoms with E-state index in [1.165, 1.54) is 4.90 Å². The van der Waals surface area contributed by atoms with Crippen LogP contribution in [-0.2, 0) is 20.8 Å². The third-order valence-electron chi connectivity index (χ3n) is 7.32. The minimum Gasteiger partial charge on any atom is -0.480 e. The molecule has 200 valence electrons. The van der Waals surface area contributed by atoms with Gasteiger partial charge in [-0.05, 0) is 36.5 Å². The van der Waals surface area contributed by atoms with E-state index in [1.54, 1.807) is 55.5 Å². The number of carboxylic acid groups (broad SMARTS) is 1. The Bertz CT molecular complexity index is 1450. The van der Waals surface area contributed by atoms with Crippen molar-refractivity contribution in [2.24, 2.45) is 5.92 Å². The van der Waals surface area contributed by atoms with Gasteiger partial charge in [-0.2, -0.15) is 0 Å². The van der Waals surface area contributed by atoms with Gasteiger partial charge in [0.1, 0.15) is 18.1 Å². The highest BCUT2D eigenvalue weighted by Crippen LogP contribution is 2.22. The monoisotopic (exact) mass is 520 g/mol. The molecule has 2 aromatic carbocycles. The lowest BCUT2D eigenvalue weighted by Crippen LogP contribution is -2.56. The van der Waals surface area contributed by atoms with Gasteiger partial charge in [-0.15, -0.1) is 0 Å². The van der Waals surface area contributed by atoms with Crippen LogP contribution >= 0.6 is 0 Å². The summed E-state index contributed by atoms with van der Waals surface area (Å²) in [7, 11) is 0. The van der Waals surface area contributed by atoms with Crippen LogP contribution in [-0.4, -0.2) is 56.0 Å². The first kappa shape index (κ1) is 26.8. The average Bonchev–Trinajstić information content (AvgIpc) is 3.41. The van der Waals surface area contributed by atoms with Crippen molar-refractivity contribution in [2.45, 2.75) is 57.7 Å². The molecule has 1 aromatic heterocycles. The van der Waals surface area contributed by atoms with Crippen LogP contribution in [0.2, 0.25) is 0 Å². The molecule has 0 bridgehead atoms. The van der Waals surface area contributed by atoms with Crippen molar-refractivity contribution >= 4 is 28.7 Å². The Labute approximate surface area is 219 Å². The largest absolute Gasteiger partial charge is 0.480 e. The summed E-state index contributed by atoms with van der Waals surface area (Å²) in [5.41, 5.74) is -0.262. The number of para-hydroxylation sites is 1. The van der Waals surface area contributed by atoms with Crippen LogP contribution in [0.3, 0.4) is 0 Å². The van der Waals surface area contributed by atoms with Crippen LogP contribution in [0.1, 0.15) is 44.7 Å². The van der Waals surface area contributed by atoms with E-state index < -0.39 is 47.2 Å². The fraction of sp³-hybridized carbons (Fsp3) is 0.393. The first-order valence-corrected chi connectivity index (χ1v) is 12.8. The molecule has 0 radical (unpaired) electrons. The summed E-state index contributed by atoms with van der Waals surface area (Å²) in [5.74, 6) is -2.54. The van der Waals surface area contributed by atoms with Gasteiger partial charge in [-0.1, -0.05) is 62.7 Å². The minimum atomic E-state index is -1.24. The van der Waals surface area contributed by atoms with E-state index in [1.807, 2.05) is 13.0 Å². The minimum absolute atomic E-state index is 0.0386. The summed E-state index contributed by atoms with van der Waals surface area (Å²) < 4.78 is 0.902. The molecule has 10 heteroatoms. The number of benzene rings is 2. The Morgan fingerprint density at radius 3 is 2.45 bits per heavy atom. The number of hydrogen-bond donors (Lipinski definition) is 3. The molecular weight excluding hydrogens is 488 g/mol. The molecular formula is C28H32N4O6. The number of rotatable bonds is 9.